The fourth-order valence-corrected chi connectivity index (χ4v) is 4.37. The number of carbonyl (C=O) groups is 1. The number of nitrogens with zero attached hydrogens (tertiary/aromatic N) is 2. The standard InChI is InChI=1S/C23H22N4O5/c1-12-18(13(2)32-26-12)15-10-16(22(29)24-8-9-28)19-20-21(15)31-11-17(27(20)23(30)25-19)14-6-4-3-5-7-14/h3-7,10,17,28H,8-9,11H2,1-2H3,(H,24,29)(H,25,30)/t17-/m1/s1. The van der Waals surface area contributed by atoms with Gasteiger partial charge in [0, 0.05) is 12.1 Å². The molecule has 3 heterocycles. The van der Waals surface area contributed by atoms with Gasteiger partial charge in [0.05, 0.1) is 35.0 Å². The molecule has 1 atom stereocenters. The minimum Gasteiger partial charge on any atom is -0.488 e. The molecule has 0 bridgehead atoms. The number of benzene rings is 2. The van der Waals surface area contributed by atoms with E-state index in [4.69, 9.17) is 14.4 Å². The number of imidazole rings is 1. The number of aliphatic hydroxyl groups is 1. The van der Waals surface area contributed by atoms with E-state index in [1.807, 2.05) is 37.3 Å². The van der Waals surface area contributed by atoms with Crippen molar-refractivity contribution in [2.75, 3.05) is 19.8 Å². The van der Waals surface area contributed by atoms with E-state index in [-0.39, 0.29) is 37.1 Å². The van der Waals surface area contributed by atoms with Crippen LogP contribution in [0.1, 0.15) is 33.4 Å². The van der Waals surface area contributed by atoms with Gasteiger partial charge < -0.3 is 24.7 Å². The summed E-state index contributed by atoms with van der Waals surface area (Å²) in [5.41, 5.74) is 3.77. The van der Waals surface area contributed by atoms with Gasteiger partial charge in [-0.1, -0.05) is 35.5 Å². The van der Waals surface area contributed by atoms with Crippen molar-refractivity contribution in [2.45, 2.75) is 19.9 Å². The molecule has 9 nitrogen and oxygen atoms in total. The van der Waals surface area contributed by atoms with Gasteiger partial charge in [-0.3, -0.25) is 9.36 Å². The summed E-state index contributed by atoms with van der Waals surface area (Å²) in [6.45, 7) is 3.76. The number of aromatic nitrogens is 3. The summed E-state index contributed by atoms with van der Waals surface area (Å²) in [6.07, 6.45) is 0. The highest BCUT2D eigenvalue weighted by molar-refractivity contribution is 6.09. The lowest BCUT2D eigenvalue weighted by molar-refractivity contribution is 0.0946. The van der Waals surface area contributed by atoms with Crippen molar-refractivity contribution in [3.8, 4) is 16.9 Å². The zero-order chi connectivity index (χ0) is 22.4. The average Bonchev–Trinajstić information content (AvgIpc) is 3.33. The Kier molecular flexibility index (Phi) is 4.82. The summed E-state index contributed by atoms with van der Waals surface area (Å²) in [5, 5.41) is 15.8. The number of carbonyl (C=O) groups excluding carboxylic acids is 1. The van der Waals surface area contributed by atoms with Crippen LogP contribution in [0, 0.1) is 13.8 Å². The first-order valence-electron chi connectivity index (χ1n) is 10.3. The summed E-state index contributed by atoms with van der Waals surface area (Å²) in [6, 6.07) is 10.9. The van der Waals surface area contributed by atoms with E-state index in [2.05, 4.69) is 15.5 Å². The van der Waals surface area contributed by atoms with Crippen molar-refractivity contribution >= 4 is 16.9 Å². The molecule has 1 amide bonds. The second kappa shape index (κ2) is 7.69. The molecule has 9 heteroatoms. The smallest absolute Gasteiger partial charge is 0.327 e. The molecular weight excluding hydrogens is 412 g/mol. The van der Waals surface area contributed by atoms with Gasteiger partial charge in [-0.05, 0) is 25.5 Å². The molecular formula is C23H22N4O5. The number of hydrogen-bond donors (Lipinski definition) is 3. The second-order valence-electron chi connectivity index (χ2n) is 7.74. The monoisotopic (exact) mass is 434 g/mol. The Morgan fingerprint density at radius 2 is 2.09 bits per heavy atom. The zero-order valence-corrected chi connectivity index (χ0v) is 17.6. The van der Waals surface area contributed by atoms with Crippen LogP contribution in [0.25, 0.3) is 22.2 Å². The van der Waals surface area contributed by atoms with Gasteiger partial charge in [-0.2, -0.15) is 0 Å². The van der Waals surface area contributed by atoms with E-state index in [1.165, 1.54) is 0 Å². The average molecular weight is 434 g/mol. The van der Waals surface area contributed by atoms with Crippen LogP contribution in [-0.4, -0.2) is 45.5 Å². The summed E-state index contributed by atoms with van der Waals surface area (Å²) >= 11 is 0. The molecule has 0 fully saturated rings. The van der Waals surface area contributed by atoms with Crippen LogP contribution < -0.4 is 15.7 Å². The highest BCUT2D eigenvalue weighted by Gasteiger charge is 2.33. The molecule has 164 valence electrons. The van der Waals surface area contributed by atoms with Crippen LogP contribution in [0.3, 0.4) is 0 Å². The first-order chi connectivity index (χ1) is 15.5. The first kappa shape index (κ1) is 20.1. The van der Waals surface area contributed by atoms with Crippen LogP contribution in [0.15, 0.2) is 45.7 Å². The highest BCUT2D eigenvalue weighted by atomic mass is 16.5. The maximum Gasteiger partial charge on any atom is 0.327 e. The van der Waals surface area contributed by atoms with Gasteiger partial charge in [0.1, 0.15) is 17.9 Å². The van der Waals surface area contributed by atoms with Gasteiger partial charge in [0.25, 0.3) is 5.91 Å². The number of ether oxygens (including phenoxy) is 1. The number of hydrogen-bond acceptors (Lipinski definition) is 6. The Balaban J connectivity index is 1.83. The molecule has 0 saturated carbocycles. The number of nitrogens with one attached hydrogen (secondary N) is 2. The molecule has 0 spiro atoms. The van der Waals surface area contributed by atoms with E-state index in [9.17, 15) is 9.59 Å². The minimum atomic E-state index is -0.408. The van der Waals surface area contributed by atoms with Gasteiger partial charge in [0.15, 0.2) is 5.75 Å². The lowest BCUT2D eigenvalue weighted by Crippen LogP contribution is -2.30. The third-order valence-corrected chi connectivity index (χ3v) is 5.77. The molecule has 5 rings (SSSR count). The number of aromatic amines is 1. The number of H-pyrrole nitrogens is 1. The van der Waals surface area contributed by atoms with Crippen LogP contribution in [0.5, 0.6) is 5.75 Å². The van der Waals surface area contributed by atoms with Crippen molar-refractivity contribution in [2.24, 2.45) is 0 Å². The molecule has 2 aromatic heterocycles. The number of amides is 1. The normalized spacial score (nSPS) is 15.0. The van der Waals surface area contributed by atoms with E-state index in [1.54, 1.807) is 17.6 Å². The van der Waals surface area contributed by atoms with Crippen LogP contribution in [-0.2, 0) is 0 Å². The molecule has 32 heavy (non-hydrogen) atoms. The lowest BCUT2D eigenvalue weighted by Gasteiger charge is -2.27. The lowest BCUT2D eigenvalue weighted by atomic mass is 9.97. The van der Waals surface area contributed by atoms with E-state index in [0.717, 1.165) is 11.1 Å². The Morgan fingerprint density at radius 1 is 1.31 bits per heavy atom. The molecule has 0 aliphatic carbocycles. The molecule has 1 aliphatic rings. The largest absolute Gasteiger partial charge is 0.488 e. The van der Waals surface area contributed by atoms with Gasteiger partial charge in [0.2, 0.25) is 0 Å². The second-order valence-corrected chi connectivity index (χ2v) is 7.74. The maximum absolute atomic E-state index is 13.1. The van der Waals surface area contributed by atoms with Gasteiger partial charge in [-0.15, -0.1) is 0 Å². The summed E-state index contributed by atoms with van der Waals surface area (Å²) in [5.74, 6) is 0.672. The number of aryl methyl sites for hydroxylation is 2. The first-order valence-corrected chi connectivity index (χ1v) is 10.3. The number of rotatable bonds is 5. The van der Waals surface area contributed by atoms with Crippen LogP contribution in [0.4, 0.5) is 0 Å². The third-order valence-electron chi connectivity index (χ3n) is 5.77. The Labute approximate surface area is 182 Å². The fourth-order valence-electron chi connectivity index (χ4n) is 4.37. The zero-order valence-electron chi connectivity index (χ0n) is 17.6. The molecule has 0 radical (unpaired) electrons. The molecule has 2 aromatic carbocycles. The molecule has 1 aliphatic heterocycles. The summed E-state index contributed by atoms with van der Waals surface area (Å²) in [7, 11) is 0. The van der Waals surface area contributed by atoms with E-state index < -0.39 is 5.91 Å². The van der Waals surface area contributed by atoms with Crippen LogP contribution in [0.2, 0.25) is 0 Å². The Hall–Kier alpha value is -3.85. The van der Waals surface area contributed by atoms with Crippen molar-refractivity contribution in [3.05, 3.63) is 69.5 Å². The van der Waals surface area contributed by atoms with Crippen molar-refractivity contribution in [3.63, 3.8) is 0 Å². The predicted octanol–water partition coefficient (Wildman–Crippen LogP) is 2.31. The molecule has 4 aromatic rings. The topological polar surface area (TPSA) is 122 Å². The SMILES string of the molecule is Cc1noc(C)c1-c1cc(C(=O)NCCO)c2[nH]c(=O)n3c2c1OC[C@@H]3c1ccccc1. The molecule has 3 N–H and O–H groups in total. The van der Waals surface area contributed by atoms with Crippen molar-refractivity contribution in [1.82, 2.24) is 20.0 Å². The van der Waals surface area contributed by atoms with E-state index in [0.29, 0.717) is 33.8 Å². The highest BCUT2D eigenvalue weighted by Crippen LogP contribution is 2.44. The molecule has 0 unspecified atom stereocenters. The molecule has 0 saturated heterocycles. The summed E-state index contributed by atoms with van der Waals surface area (Å²) in [4.78, 5) is 28.9. The summed E-state index contributed by atoms with van der Waals surface area (Å²) < 4.78 is 13.2. The van der Waals surface area contributed by atoms with E-state index >= 15 is 0 Å². The van der Waals surface area contributed by atoms with Crippen molar-refractivity contribution < 1.29 is 19.2 Å². The quantitative estimate of drug-likeness (QED) is 0.443. The van der Waals surface area contributed by atoms with Crippen LogP contribution >= 0.6 is 0 Å². The fraction of sp³-hybridized carbons (Fsp3) is 0.261. The third kappa shape index (κ3) is 3.01. The van der Waals surface area contributed by atoms with Crippen molar-refractivity contribution in [1.29, 1.82) is 0 Å². The number of aliphatic hydroxyl groups excluding tert-OH is 1. The minimum absolute atomic E-state index is 0.0941. The predicted molar refractivity (Wildman–Crippen MR) is 117 cm³/mol. The maximum atomic E-state index is 13.1. The van der Waals surface area contributed by atoms with Gasteiger partial charge in [-0.25, -0.2) is 4.79 Å². The Bertz CT molecular complexity index is 1360. The Morgan fingerprint density at radius 3 is 2.78 bits per heavy atom. The van der Waals surface area contributed by atoms with Gasteiger partial charge >= 0.3 is 5.69 Å².